The van der Waals surface area contributed by atoms with Crippen LogP contribution in [0.25, 0.3) is 0 Å². The summed E-state index contributed by atoms with van der Waals surface area (Å²) in [4.78, 5) is 11.8. The molecule has 0 aliphatic rings. The van der Waals surface area contributed by atoms with Crippen molar-refractivity contribution in [1.29, 1.82) is 0 Å². The number of carbonyl (C=O) groups is 1. The lowest BCUT2D eigenvalue weighted by molar-refractivity contribution is -0.118. The first-order chi connectivity index (χ1) is 10.3. The molecule has 0 aliphatic heterocycles. The normalized spacial score (nSPS) is 10.3. The molecular weight excluding hydrogens is 306 g/mol. The average molecular weight is 323 g/mol. The van der Waals surface area contributed by atoms with Gasteiger partial charge in [0, 0.05) is 5.75 Å². The van der Waals surface area contributed by atoms with Gasteiger partial charge in [0.05, 0.1) is 0 Å². The average Bonchev–Trinajstić information content (AvgIpc) is 2.94. The molecule has 1 aromatic carbocycles. The van der Waals surface area contributed by atoms with Crippen LogP contribution in [0.3, 0.4) is 0 Å². The van der Waals surface area contributed by atoms with Gasteiger partial charge in [-0.3, -0.25) is 10.1 Å². The molecule has 1 amide bonds. The fraction of sp³-hybridized carbons (Fsp3) is 0.357. The smallest absolute Gasteiger partial charge is 0.264 e. The van der Waals surface area contributed by atoms with Gasteiger partial charge < -0.3 is 4.74 Å². The second-order valence-electron chi connectivity index (χ2n) is 4.23. The summed E-state index contributed by atoms with van der Waals surface area (Å²) in [6, 6.07) is 9.23. The topological polar surface area (TPSA) is 64.1 Å². The number of benzene rings is 1. The van der Waals surface area contributed by atoms with Gasteiger partial charge in [0.25, 0.3) is 5.91 Å². The SMILES string of the molecule is CCCCSc1nnc(NC(=O)COc2ccccc2)s1. The number of hydrogen-bond donors (Lipinski definition) is 1. The van der Waals surface area contributed by atoms with Crippen LogP contribution in [0.1, 0.15) is 19.8 Å². The van der Waals surface area contributed by atoms with Gasteiger partial charge in [-0.2, -0.15) is 0 Å². The second kappa shape index (κ2) is 8.63. The minimum absolute atomic E-state index is 0.0398. The van der Waals surface area contributed by atoms with E-state index in [1.54, 1.807) is 23.9 Å². The number of nitrogens with zero attached hydrogens (tertiary/aromatic N) is 2. The van der Waals surface area contributed by atoms with Crippen molar-refractivity contribution in [3.63, 3.8) is 0 Å². The van der Waals surface area contributed by atoms with Crippen LogP contribution < -0.4 is 10.1 Å². The summed E-state index contributed by atoms with van der Waals surface area (Å²) in [6.45, 7) is 2.11. The molecule has 1 aromatic heterocycles. The van der Waals surface area contributed by atoms with Gasteiger partial charge in [0.1, 0.15) is 5.75 Å². The van der Waals surface area contributed by atoms with Crippen molar-refractivity contribution in [2.45, 2.75) is 24.1 Å². The number of hydrogen-bond acceptors (Lipinski definition) is 6. The molecule has 5 nitrogen and oxygen atoms in total. The zero-order valence-electron chi connectivity index (χ0n) is 11.7. The van der Waals surface area contributed by atoms with Crippen molar-refractivity contribution in [3.05, 3.63) is 30.3 Å². The van der Waals surface area contributed by atoms with E-state index in [4.69, 9.17) is 4.74 Å². The van der Waals surface area contributed by atoms with Gasteiger partial charge in [-0.1, -0.05) is 54.6 Å². The Hall–Kier alpha value is -1.60. The number of unbranched alkanes of at least 4 members (excludes halogenated alkanes) is 1. The number of aromatic nitrogens is 2. The molecule has 112 valence electrons. The largest absolute Gasteiger partial charge is 0.484 e. The Morgan fingerprint density at radius 1 is 1.33 bits per heavy atom. The quantitative estimate of drug-likeness (QED) is 0.458. The molecule has 0 aliphatic carbocycles. The molecule has 7 heteroatoms. The number of para-hydroxylation sites is 1. The van der Waals surface area contributed by atoms with Gasteiger partial charge in [-0.25, -0.2) is 0 Å². The molecule has 0 saturated carbocycles. The van der Waals surface area contributed by atoms with Crippen molar-refractivity contribution in [1.82, 2.24) is 10.2 Å². The van der Waals surface area contributed by atoms with Gasteiger partial charge >= 0.3 is 0 Å². The van der Waals surface area contributed by atoms with E-state index in [0.29, 0.717) is 10.9 Å². The Balaban J connectivity index is 1.75. The van der Waals surface area contributed by atoms with E-state index in [0.717, 1.165) is 22.9 Å². The number of amides is 1. The first-order valence-corrected chi connectivity index (χ1v) is 8.52. The van der Waals surface area contributed by atoms with Crippen LogP contribution in [0, 0.1) is 0 Å². The molecule has 1 N–H and O–H groups in total. The maximum Gasteiger partial charge on any atom is 0.264 e. The second-order valence-corrected chi connectivity index (χ2v) is 6.54. The van der Waals surface area contributed by atoms with E-state index in [9.17, 15) is 4.79 Å². The van der Waals surface area contributed by atoms with Crippen LogP contribution in [-0.2, 0) is 4.79 Å². The molecule has 0 saturated heterocycles. The molecule has 1 heterocycles. The van der Waals surface area contributed by atoms with Crippen molar-refractivity contribution in [2.75, 3.05) is 17.7 Å². The first kappa shape index (κ1) is 15.8. The van der Waals surface area contributed by atoms with Crippen molar-refractivity contribution < 1.29 is 9.53 Å². The van der Waals surface area contributed by atoms with Gasteiger partial charge in [0.15, 0.2) is 10.9 Å². The van der Waals surface area contributed by atoms with E-state index in [2.05, 4.69) is 22.4 Å². The first-order valence-electron chi connectivity index (χ1n) is 6.72. The third kappa shape index (κ3) is 5.73. The fourth-order valence-corrected chi connectivity index (χ4v) is 3.37. The van der Waals surface area contributed by atoms with Gasteiger partial charge in [-0.15, -0.1) is 10.2 Å². The lowest BCUT2D eigenvalue weighted by atomic mass is 10.3. The number of rotatable bonds is 8. The summed E-state index contributed by atoms with van der Waals surface area (Å²) in [5, 5.41) is 11.2. The monoisotopic (exact) mass is 323 g/mol. The zero-order valence-corrected chi connectivity index (χ0v) is 13.4. The Labute approximate surface area is 132 Å². The molecule has 0 spiro atoms. The fourth-order valence-electron chi connectivity index (χ4n) is 1.44. The van der Waals surface area contributed by atoms with Crippen LogP contribution in [0.15, 0.2) is 34.7 Å². The highest BCUT2D eigenvalue weighted by Crippen LogP contribution is 2.26. The van der Waals surface area contributed by atoms with E-state index < -0.39 is 0 Å². The van der Waals surface area contributed by atoms with Crippen LogP contribution >= 0.6 is 23.1 Å². The Bertz CT molecular complexity index is 560. The van der Waals surface area contributed by atoms with Crippen LogP contribution in [0.5, 0.6) is 5.75 Å². The highest BCUT2D eigenvalue weighted by Gasteiger charge is 2.09. The molecule has 2 rings (SSSR count). The van der Waals surface area contributed by atoms with Gasteiger partial charge in [-0.05, 0) is 18.6 Å². The minimum Gasteiger partial charge on any atom is -0.484 e. The predicted molar refractivity (Wildman–Crippen MR) is 86.1 cm³/mol. The molecule has 0 bridgehead atoms. The van der Waals surface area contributed by atoms with Crippen LogP contribution in [-0.4, -0.2) is 28.5 Å². The molecule has 0 atom stereocenters. The summed E-state index contributed by atoms with van der Waals surface area (Å²) >= 11 is 3.05. The highest BCUT2D eigenvalue weighted by atomic mass is 32.2. The summed E-state index contributed by atoms with van der Waals surface area (Å²) in [7, 11) is 0. The molecular formula is C14H17N3O2S2. The molecule has 21 heavy (non-hydrogen) atoms. The standard InChI is InChI=1S/C14H17N3O2S2/c1-2-3-9-20-14-17-16-13(21-14)15-12(18)10-19-11-7-5-4-6-8-11/h4-8H,2-3,9-10H2,1H3,(H,15,16,18). The summed E-state index contributed by atoms with van der Waals surface area (Å²) < 4.78 is 6.24. The van der Waals surface area contributed by atoms with Crippen molar-refractivity contribution in [3.8, 4) is 5.75 Å². The molecule has 0 fully saturated rings. The maximum atomic E-state index is 11.8. The van der Waals surface area contributed by atoms with Gasteiger partial charge in [0.2, 0.25) is 5.13 Å². The van der Waals surface area contributed by atoms with E-state index in [1.165, 1.54) is 11.3 Å². The molecule has 0 radical (unpaired) electrons. The zero-order chi connectivity index (χ0) is 14.9. The third-order valence-corrected chi connectivity index (χ3v) is 4.55. The Morgan fingerprint density at radius 2 is 2.14 bits per heavy atom. The molecule has 0 unspecified atom stereocenters. The Kier molecular flexibility index (Phi) is 6.49. The van der Waals surface area contributed by atoms with Crippen molar-refractivity contribution >= 4 is 34.1 Å². The van der Waals surface area contributed by atoms with Crippen molar-refractivity contribution in [2.24, 2.45) is 0 Å². The number of carbonyl (C=O) groups excluding carboxylic acids is 1. The summed E-state index contributed by atoms with van der Waals surface area (Å²) in [6.07, 6.45) is 2.31. The number of anilines is 1. The highest BCUT2D eigenvalue weighted by molar-refractivity contribution is 8.01. The third-order valence-electron chi connectivity index (χ3n) is 2.49. The van der Waals surface area contributed by atoms with E-state index >= 15 is 0 Å². The number of thioether (sulfide) groups is 1. The summed E-state index contributed by atoms with van der Waals surface area (Å²) in [5.74, 6) is 1.46. The van der Waals surface area contributed by atoms with E-state index in [-0.39, 0.29) is 12.5 Å². The number of ether oxygens (including phenoxy) is 1. The summed E-state index contributed by atoms with van der Waals surface area (Å²) in [5.41, 5.74) is 0. The molecule has 2 aromatic rings. The lowest BCUT2D eigenvalue weighted by Crippen LogP contribution is -2.20. The van der Waals surface area contributed by atoms with Crippen LogP contribution in [0.4, 0.5) is 5.13 Å². The maximum absolute atomic E-state index is 11.8. The van der Waals surface area contributed by atoms with E-state index in [1.807, 2.05) is 18.2 Å². The minimum atomic E-state index is -0.236. The van der Waals surface area contributed by atoms with Crippen LogP contribution in [0.2, 0.25) is 0 Å². The lowest BCUT2D eigenvalue weighted by Gasteiger charge is -2.04. The number of nitrogens with one attached hydrogen (secondary N) is 1. The predicted octanol–water partition coefficient (Wildman–Crippen LogP) is 3.45. The Morgan fingerprint density at radius 3 is 2.90 bits per heavy atom.